The van der Waals surface area contributed by atoms with E-state index >= 15 is 0 Å². The maximum absolute atomic E-state index is 12.2. The van der Waals surface area contributed by atoms with Crippen molar-refractivity contribution in [2.24, 2.45) is 5.11 Å². The molecule has 18 heavy (non-hydrogen) atoms. The van der Waals surface area contributed by atoms with Crippen LogP contribution in [0.25, 0.3) is 0 Å². The second-order valence-electron chi connectivity index (χ2n) is 7.50. The zero-order valence-electron chi connectivity index (χ0n) is 13.2. The fourth-order valence-corrected chi connectivity index (χ4v) is 1.85. The molecular formula is C13H27N3O2. The molecular weight excluding hydrogens is 230 g/mol. The van der Waals surface area contributed by atoms with Gasteiger partial charge in [0.2, 0.25) is 0 Å². The van der Waals surface area contributed by atoms with Gasteiger partial charge >= 0.3 is 6.03 Å². The van der Waals surface area contributed by atoms with Crippen LogP contribution in [0.5, 0.6) is 0 Å². The predicted octanol–water partition coefficient (Wildman–Crippen LogP) is 3.77. The van der Waals surface area contributed by atoms with E-state index in [0.717, 1.165) is 0 Å². The topological polar surface area (TPSA) is 58.7 Å². The van der Waals surface area contributed by atoms with E-state index in [9.17, 15) is 10.0 Å². The summed E-state index contributed by atoms with van der Waals surface area (Å²) in [5.74, 6) is 0. The van der Waals surface area contributed by atoms with Crippen LogP contribution in [0.3, 0.4) is 0 Å². The third-order valence-corrected chi connectivity index (χ3v) is 2.28. The average molecular weight is 257 g/mol. The summed E-state index contributed by atoms with van der Waals surface area (Å²) in [5.41, 5.74) is -1.49. The zero-order valence-corrected chi connectivity index (χ0v) is 13.2. The number of carbonyl (C=O) groups excluding carboxylic acids is 1. The maximum atomic E-state index is 12.2. The van der Waals surface area contributed by atoms with E-state index in [2.05, 4.69) is 5.11 Å². The highest BCUT2D eigenvalue weighted by atomic mass is 16.5. The standard InChI is InChI=1S/C13H27N3O2/c1-11(2,3)15(12(4,5)6)10(17)14-16(18)13(7,8)9/h1-9H3/b16-14-. The first kappa shape index (κ1) is 16.9. The van der Waals surface area contributed by atoms with Crippen molar-refractivity contribution in [2.45, 2.75) is 78.9 Å². The van der Waals surface area contributed by atoms with Crippen LogP contribution in [0.1, 0.15) is 62.3 Å². The molecule has 0 fully saturated rings. The van der Waals surface area contributed by atoms with Crippen molar-refractivity contribution in [2.75, 3.05) is 0 Å². The highest BCUT2D eigenvalue weighted by Crippen LogP contribution is 2.26. The first-order valence-electron chi connectivity index (χ1n) is 6.20. The van der Waals surface area contributed by atoms with Crippen LogP contribution in [-0.2, 0) is 0 Å². The fourth-order valence-electron chi connectivity index (χ4n) is 1.85. The van der Waals surface area contributed by atoms with Crippen molar-refractivity contribution in [1.82, 2.24) is 4.90 Å². The minimum Gasteiger partial charge on any atom is -0.599 e. The molecule has 0 saturated carbocycles. The largest absolute Gasteiger partial charge is 0.599 e. The van der Waals surface area contributed by atoms with Crippen molar-refractivity contribution < 1.29 is 9.66 Å². The Kier molecular flexibility index (Phi) is 4.56. The SMILES string of the molecule is CC(C)(C)N(C(=O)/N=[N+](\[O-])C(C)(C)C)C(C)(C)C. The van der Waals surface area contributed by atoms with E-state index < -0.39 is 22.6 Å². The van der Waals surface area contributed by atoms with Gasteiger partial charge in [0.05, 0.1) is 5.11 Å². The van der Waals surface area contributed by atoms with Gasteiger partial charge < -0.3 is 10.1 Å². The van der Waals surface area contributed by atoms with Gasteiger partial charge in [0.1, 0.15) is 0 Å². The van der Waals surface area contributed by atoms with Crippen molar-refractivity contribution in [1.29, 1.82) is 0 Å². The Morgan fingerprint density at radius 2 is 1.28 bits per heavy atom. The Morgan fingerprint density at radius 3 is 1.50 bits per heavy atom. The van der Waals surface area contributed by atoms with Crippen LogP contribution in [0, 0.1) is 5.21 Å². The molecule has 0 heterocycles. The van der Waals surface area contributed by atoms with E-state index in [-0.39, 0.29) is 0 Å². The molecule has 0 spiro atoms. The summed E-state index contributed by atoms with van der Waals surface area (Å²) in [7, 11) is 0. The lowest BCUT2D eigenvalue weighted by molar-refractivity contribution is -0.594. The molecule has 0 aromatic carbocycles. The molecule has 0 unspecified atom stereocenters. The quantitative estimate of drug-likeness (QED) is 0.377. The van der Waals surface area contributed by atoms with E-state index in [0.29, 0.717) is 4.86 Å². The number of hydrogen-bond donors (Lipinski definition) is 0. The Labute approximate surface area is 110 Å². The van der Waals surface area contributed by atoms with Crippen LogP contribution in [0.2, 0.25) is 0 Å². The third-order valence-electron chi connectivity index (χ3n) is 2.28. The highest BCUT2D eigenvalue weighted by molar-refractivity contribution is 5.75. The molecule has 0 rings (SSSR count). The van der Waals surface area contributed by atoms with Gasteiger partial charge in [0.15, 0.2) is 5.54 Å². The lowest BCUT2D eigenvalue weighted by Gasteiger charge is -2.43. The maximum Gasteiger partial charge on any atom is 0.405 e. The number of rotatable bonds is 0. The number of carbonyl (C=O) groups is 1. The summed E-state index contributed by atoms with van der Waals surface area (Å²) in [6.45, 7) is 16.7. The molecule has 0 atom stereocenters. The summed E-state index contributed by atoms with van der Waals surface area (Å²) >= 11 is 0. The number of nitrogens with zero attached hydrogens (tertiary/aromatic N) is 3. The highest BCUT2D eigenvalue weighted by Gasteiger charge is 2.37. The van der Waals surface area contributed by atoms with Crippen LogP contribution in [-0.4, -0.2) is 32.4 Å². The number of hydrogen-bond acceptors (Lipinski definition) is 2. The molecule has 0 aliphatic rings. The van der Waals surface area contributed by atoms with Crippen molar-refractivity contribution in [3.63, 3.8) is 0 Å². The molecule has 0 N–H and O–H groups in total. The van der Waals surface area contributed by atoms with Gasteiger partial charge in [-0.25, -0.2) is 4.79 Å². The van der Waals surface area contributed by atoms with E-state index in [1.165, 1.54) is 0 Å². The molecule has 106 valence electrons. The van der Waals surface area contributed by atoms with Crippen molar-refractivity contribution in [3.8, 4) is 0 Å². The van der Waals surface area contributed by atoms with E-state index in [1.807, 2.05) is 41.5 Å². The van der Waals surface area contributed by atoms with Gasteiger partial charge in [-0.05, 0) is 41.5 Å². The molecule has 0 aromatic heterocycles. The normalized spacial score (nSPS) is 14.6. The summed E-state index contributed by atoms with van der Waals surface area (Å²) in [4.78, 5) is 14.3. The Morgan fingerprint density at radius 1 is 0.944 bits per heavy atom. The minimum atomic E-state index is -0.711. The first-order chi connectivity index (χ1) is 7.67. The molecule has 2 amide bonds. The van der Waals surface area contributed by atoms with Crippen LogP contribution >= 0.6 is 0 Å². The van der Waals surface area contributed by atoms with Gasteiger partial charge in [0, 0.05) is 31.8 Å². The molecule has 0 saturated heterocycles. The Balaban J connectivity index is 5.40. The predicted molar refractivity (Wildman–Crippen MR) is 72.5 cm³/mol. The summed E-state index contributed by atoms with van der Waals surface area (Å²) < 4.78 is 0. The van der Waals surface area contributed by atoms with Crippen LogP contribution in [0.4, 0.5) is 4.79 Å². The van der Waals surface area contributed by atoms with Crippen molar-refractivity contribution >= 4 is 6.03 Å². The second kappa shape index (κ2) is 4.86. The number of azo groups is 1. The number of hydroxylamine groups is 1. The van der Waals surface area contributed by atoms with Gasteiger partial charge in [-0.15, -0.1) is 0 Å². The van der Waals surface area contributed by atoms with Gasteiger partial charge in [-0.3, -0.25) is 0 Å². The summed E-state index contributed by atoms with van der Waals surface area (Å²) in [5, 5.41) is 15.4. The molecule has 5 nitrogen and oxygen atoms in total. The fraction of sp³-hybridized carbons (Fsp3) is 0.923. The van der Waals surface area contributed by atoms with Crippen LogP contribution in [0.15, 0.2) is 5.11 Å². The molecule has 0 aliphatic carbocycles. The summed E-state index contributed by atoms with van der Waals surface area (Å²) in [6.07, 6.45) is 0. The monoisotopic (exact) mass is 257 g/mol. The minimum absolute atomic E-state index is 0.391. The molecule has 0 aliphatic heterocycles. The smallest absolute Gasteiger partial charge is 0.405 e. The summed E-state index contributed by atoms with van der Waals surface area (Å²) in [6, 6.07) is -0.500. The Hall–Kier alpha value is -1.13. The van der Waals surface area contributed by atoms with Gasteiger partial charge in [-0.2, -0.15) is 0 Å². The molecule has 0 bridgehead atoms. The zero-order chi connectivity index (χ0) is 14.9. The van der Waals surface area contributed by atoms with Crippen molar-refractivity contribution in [3.05, 3.63) is 5.21 Å². The second-order valence-corrected chi connectivity index (χ2v) is 7.50. The molecule has 0 radical (unpaired) electrons. The van der Waals surface area contributed by atoms with Gasteiger partial charge in [0.25, 0.3) is 0 Å². The molecule has 5 heteroatoms. The lowest BCUT2D eigenvalue weighted by Crippen LogP contribution is -2.55. The van der Waals surface area contributed by atoms with E-state index in [1.54, 1.807) is 25.7 Å². The first-order valence-corrected chi connectivity index (χ1v) is 6.20. The van der Waals surface area contributed by atoms with E-state index in [4.69, 9.17) is 0 Å². The van der Waals surface area contributed by atoms with Gasteiger partial charge in [-0.1, -0.05) is 4.86 Å². The third kappa shape index (κ3) is 4.63. The molecule has 0 aromatic rings. The lowest BCUT2D eigenvalue weighted by atomic mass is 9.97. The number of amides is 2. The Bertz CT molecular complexity index is 327. The van der Waals surface area contributed by atoms with Crippen LogP contribution < -0.4 is 0 Å². The average Bonchev–Trinajstić information content (AvgIpc) is 1.94. The number of urea groups is 1.